The lowest BCUT2D eigenvalue weighted by Crippen LogP contribution is -2.56. The highest BCUT2D eigenvalue weighted by molar-refractivity contribution is 5.93. The minimum atomic E-state index is -0.735. The number of hydrogen-bond acceptors (Lipinski definition) is 7. The Morgan fingerprint density at radius 3 is 2.77 bits per heavy atom. The summed E-state index contributed by atoms with van der Waals surface area (Å²) in [4.78, 5) is 35.1. The number of nitriles is 1. The first-order chi connectivity index (χ1) is 14.8. The van der Waals surface area contributed by atoms with Crippen molar-refractivity contribution in [2.75, 3.05) is 24.5 Å². The molecule has 2 aliphatic heterocycles. The van der Waals surface area contributed by atoms with Crippen molar-refractivity contribution in [1.29, 1.82) is 5.26 Å². The van der Waals surface area contributed by atoms with Gasteiger partial charge in [0.05, 0.1) is 23.0 Å². The van der Waals surface area contributed by atoms with Crippen LogP contribution in [0.15, 0.2) is 24.4 Å². The lowest BCUT2D eigenvalue weighted by atomic mass is 9.93. The van der Waals surface area contributed by atoms with Gasteiger partial charge >= 0.3 is 6.03 Å². The van der Waals surface area contributed by atoms with E-state index in [4.69, 9.17) is 5.73 Å². The van der Waals surface area contributed by atoms with Crippen LogP contribution in [0.5, 0.6) is 0 Å². The molecule has 2 aromatic heterocycles. The number of quaternary nitrogens is 1. The highest BCUT2D eigenvalue weighted by Gasteiger charge is 2.47. The molecule has 0 radical (unpaired) electrons. The standard InChI is InChI=1S/C22H24N6O3/c1-22(31)6-8-27(9-7-22)18-11-19(25-13-16(18)12-23)28(21(24)30)10-2-3-15-4-5-17(14-29)26-20(15)28/h4-5,11,13-14,31H,2-3,6-10H2,1H3,(H-,24,30)/p+1. The fourth-order valence-corrected chi connectivity index (χ4v) is 4.47. The average Bonchev–Trinajstić information content (AvgIpc) is 2.77. The van der Waals surface area contributed by atoms with Crippen LogP contribution in [0.4, 0.5) is 22.1 Å². The number of anilines is 1. The van der Waals surface area contributed by atoms with Crippen LogP contribution in [0, 0.1) is 11.3 Å². The number of amides is 2. The van der Waals surface area contributed by atoms with Crippen molar-refractivity contribution in [3.63, 3.8) is 0 Å². The van der Waals surface area contributed by atoms with Gasteiger partial charge in [-0.05, 0) is 38.3 Å². The summed E-state index contributed by atoms with van der Waals surface area (Å²) < 4.78 is -0.402. The molecule has 1 unspecified atom stereocenters. The average molecular weight is 421 g/mol. The number of rotatable bonds is 3. The zero-order valence-corrected chi connectivity index (χ0v) is 17.4. The molecule has 1 fully saturated rings. The molecule has 2 aromatic rings. The molecule has 9 heteroatoms. The van der Waals surface area contributed by atoms with Crippen molar-refractivity contribution in [3.05, 3.63) is 41.2 Å². The zero-order valence-electron chi connectivity index (χ0n) is 17.4. The summed E-state index contributed by atoms with van der Waals surface area (Å²) in [6.07, 6.45) is 4.65. The second-order valence-corrected chi connectivity index (χ2v) is 8.47. The summed E-state index contributed by atoms with van der Waals surface area (Å²) in [6.45, 7) is 3.32. The van der Waals surface area contributed by atoms with E-state index in [9.17, 15) is 20.0 Å². The summed E-state index contributed by atoms with van der Waals surface area (Å²) in [5, 5.41) is 19.9. The molecule has 2 aliphatic rings. The lowest BCUT2D eigenvalue weighted by Gasteiger charge is -2.38. The summed E-state index contributed by atoms with van der Waals surface area (Å²) >= 11 is 0. The number of fused-ring (bicyclic) bond motifs is 1. The van der Waals surface area contributed by atoms with Crippen LogP contribution in [0.25, 0.3) is 0 Å². The number of aliphatic hydroxyl groups is 1. The van der Waals surface area contributed by atoms with Gasteiger partial charge in [0, 0.05) is 31.1 Å². The predicted octanol–water partition coefficient (Wildman–Crippen LogP) is 2.18. The van der Waals surface area contributed by atoms with E-state index in [0.717, 1.165) is 12.0 Å². The molecule has 0 saturated carbocycles. The number of primary amides is 1. The normalized spacial score (nSPS) is 22.3. The third-order valence-corrected chi connectivity index (χ3v) is 6.34. The summed E-state index contributed by atoms with van der Waals surface area (Å²) in [7, 11) is 0. The Morgan fingerprint density at radius 2 is 2.13 bits per heavy atom. The number of hydrogen-bond donors (Lipinski definition) is 2. The van der Waals surface area contributed by atoms with Crippen LogP contribution in [-0.4, -0.2) is 52.6 Å². The number of carbonyl (C=O) groups is 2. The maximum atomic E-state index is 12.9. The molecule has 1 atom stereocenters. The van der Waals surface area contributed by atoms with Gasteiger partial charge < -0.3 is 15.7 Å². The van der Waals surface area contributed by atoms with Crippen LogP contribution in [0.3, 0.4) is 0 Å². The number of carbonyl (C=O) groups excluding carboxylic acids is 2. The Labute approximate surface area is 180 Å². The predicted molar refractivity (Wildman–Crippen MR) is 115 cm³/mol. The number of aldehydes is 1. The minimum absolute atomic E-state index is 0.219. The van der Waals surface area contributed by atoms with Gasteiger partial charge in [-0.25, -0.2) is 9.78 Å². The Hall–Kier alpha value is -3.35. The number of urea groups is 1. The highest BCUT2D eigenvalue weighted by atomic mass is 16.3. The van der Waals surface area contributed by atoms with Gasteiger partial charge in [0.1, 0.15) is 18.3 Å². The molecule has 4 heterocycles. The molecule has 4 rings (SSSR count). The molecule has 2 amide bonds. The van der Waals surface area contributed by atoms with E-state index in [2.05, 4.69) is 16.0 Å². The molecule has 0 aliphatic carbocycles. The molecular formula is C22H25N6O3+. The Kier molecular flexibility index (Phi) is 5.21. The first-order valence-electron chi connectivity index (χ1n) is 10.3. The molecule has 3 N–H and O–H groups in total. The van der Waals surface area contributed by atoms with Crippen LogP contribution < -0.4 is 15.1 Å². The van der Waals surface area contributed by atoms with Gasteiger partial charge in [-0.1, -0.05) is 0 Å². The molecule has 0 spiro atoms. The Bertz CT molecular complexity index is 1080. The smallest absolute Gasteiger partial charge is 0.390 e. The fourth-order valence-electron chi connectivity index (χ4n) is 4.47. The van der Waals surface area contributed by atoms with Crippen molar-refractivity contribution in [3.8, 4) is 6.07 Å². The van der Waals surface area contributed by atoms with Crippen molar-refractivity contribution in [2.45, 2.75) is 38.2 Å². The van der Waals surface area contributed by atoms with Gasteiger partial charge in [0.15, 0.2) is 6.29 Å². The zero-order chi connectivity index (χ0) is 22.2. The minimum Gasteiger partial charge on any atom is -0.390 e. The number of aromatic nitrogens is 2. The molecule has 1 saturated heterocycles. The van der Waals surface area contributed by atoms with Gasteiger partial charge in [0.25, 0.3) is 0 Å². The fraction of sp³-hybridized carbons (Fsp3) is 0.409. The second kappa shape index (κ2) is 7.72. The van der Waals surface area contributed by atoms with Crippen LogP contribution in [0.2, 0.25) is 0 Å². The number of aryl methyl sites for hydroxylation is 1. The summed E-state index contributed by atoms with van der Waals surface area (Å²) in [6, 6.07) is 6.70. The number of nitrogens with zero attached hydrogens (tertiary/aromatic N) is 5. The van der Waals surface area contributed by atoms with Gasteiger partial charge in [0.2, 0.25) is 11.6 Å². The topological polar surface area (TPSA) is 133 Å². The molecule has 160 valence electrons. The van der Waals surface area contributed by atoms with Crippen molar-refractivity contribution < 1.29 is 14.7 Å². The van der Waals surface area contributed by atoms with E-state index in [1.165, 1.54) is 6.20 Å². The number of pyridine rings is 2. The number of piperidine rings is 1. The molecule has 31 heavy (non-hydrogen) atoms. The largest absolute Gasteiger partial charge is 0.426 e. The SMILES string of the molecule is CC1(O)CCN(c2cc([N+]3(C(N)=O)CCCc4ccc(C=O)nc43)ncc2C#N)CC1. The van der Waals surface area contributed by atoms with E-state index < -0.39 is 16.1 Å². The van der Waals surface area contributed by atoms with E-state index in [0.29, 0.717) is 68.1 Å². The second-order valence-electron chi connectivity index (χ2n) is 8.47. The first-order valence-corrected chi connectivity index (χ1v) is 10.3. The third-order valence-electron chi connectivity index (χ3n) is 6.34. The summed E-state index contributed by atoms with van der Waals surface area (Å²) in [5.41, 5.74) is 7.30. The van der Waals surface area contributed by atoms with Crippen molar-refractivity contribution in [1.82, 2.24) is 14.5 Å². The van der Waals surface area contributed by atoms with Crippen molar-refractivity contribution in [2.24, 2.45) is 5.73 Å². The van der Waals surface area contributed by atoms with E-state index in [-0.39, 0.29) is 5.69 Å². The quantitative estimate of drug-likeness (QED) is 0.573. The van der Waals surface area contributed by atoms with E-state index in [1.54, 1.807) is 18.2 Å². The van der Waals surface area contributed by atoms with Crippen LogP contribution in [0.1, 0.15) is 47.8 Å². The maximum absolute atomic E-state index is 12.9. The van der Waals surface area contributed by atoms with Gasteiger partial charge in [-0.15, -0.1) is 4.48 Å². The maximum Gasteiger partial charge on any atom is 0.426 e. The number of nitrogens with two attached hydrogens (primary N) is 1. The first kappa shape index (κ1) is 20.9. The summed E-state index contributed by atoms with van der Waals surface area (Å²) in [5.74, 6) is 0.781. The monoisotopic (exact) mass is 421 g/mol. The van der Waals surface area contributed by atoms with E-state index >= 15 is 0 Å². The third kappa shape index (κ3) is 3.54. The van der Waals surface area contributed by atoms with Crippen LogP contribution >= 0.6 is 0 Å². The van der Waals surface area contributed by atoms with Crippen molar-refractivity contribution >= 4 is 29.6 Å². The Balaban J connectivity index is 1.86. The molecular weight excluding hydrogens is 396 g/mol. The van der Waals surface area contributed by atoms with Crippen LogP contribution in [-0.2, 0) is 6.42 Å². The van der Waals surface area contributed by atoms with Gasteiger partial charge in [-0.2, -0.15) is 10.2 Å². The van der Waals surface area contributed by atoms with E-state index in [1.807, 2.05) is 11.8 Å². The molecule has 0 bridgehead atoms. The Morgan fingerprint density at radius 1 is 1.39 bits per heavy atom. The van der Waals surface area contributed by atoms with Gasteiger partial charge in [-0.3, -0.25) is 4.79 Å². The lowest BCUT2D eigenvalue weighted by molar-refractivity contribution is 0.0351. The molecule has 9 nitrogen and oxygen atoms in total. The molecule has 0 aromatic carbocycles. The highest BCUT2D eigenvalue weighted by Crippen LogP contribution is 2.41.